The third kappa shape index (κ3) is 4.48. The zero-order chi connectivity index (χ0) is 20.2. The van der Waals surface area contributed by atoms with Gasteiger partial charge in [0.25, 0.3) is 0 Å². The van der Waals surface area contributed by atoms with Gasteiger partial charge in [-0.25, -0.2) is 0 Å². The fourth-order valence-corrected chi connectivity index (χ4v) is 4.22. The van der Waals surface area contributed by atoms with E-state index in [1.165, 1.54) is 0 Å². The van der Waals surface area contributed by atoms with Crippen LogP contribution in [0.2, 0.25) is 0 Å². The lowest BCUT2D eigenvalue weighted by atomic mass is 9.79. The average Bonchev–Trinajstić information content (AvgIpc) is 3.06. The van der Waals surface area contributed by atoms with Crippen LogP contribution in [0.1, 0.15) is 34.0 Å². The molecule has 29 heavy (non-hydrogen) atoms. The number of carbonyl (C=O) groups excluding carboxylic acids is 2. The summed E-state index contributed by atoms with van der Waals surface area (Å²) in [6, 6.07) is 26.9. The lowest BCUT2D eigenvalue weighted by Gasteiger charge is -2.21. The molecule has 0 aliphatic carbocycles. The van der Waals surface area contributed by atoms with Gasteiger partial charge < -0.3 is 4.74 Å². The fourth-order valence-electron chi connectivity index (χ4n) is 3.96. The van der Waals surface area contributed by atoms with Crippen LogP contribution in [-0.4, -0.2) is 11.8 Å². The highest BCUT2D eigenvalue weighted by Crippen LogP contribution is 2.43. The third-order valence-corrected chi connectivity index (χ3v) is 5.99. The van der Waals surface area contributed by atoms with E-state index < -0.39 is 6.10 Å². The molecule has 1 heterocycles. The minimum atomic E-state index is -0.406. The SMILES string of the molecule is O=C(C[C@H]1[C@H](Cc2ccc(Br)cc2)C(=O)O[C@@H]1c1ccccc1)c1ccccc1. The number of rotatable bonds is 6. The lowest BCUT2D eigenvalue weighted by Crippen LogP contribution is -2.23. The second-order valence-electron chi connectivity index (χ2n) is 7.36. The van der Waals surface area contributed by atoms with E-state index in [1.807, 2.05) is 84.9 Å². The Labute approximate surface area is 178 Å². The molecule has 3 aromatic carbocycles. The molecule has 0 bridgehead atoms. The number of esters is 1. The van der Waals surface area contributed by atoms with Crippen molar-refractivity contribution in [3.63, 3.8) is 0 Å². The predicted octanol–water partition coefficient (Wildman–Crippen LogP) is 5.80. The van der Waals surface area contributed by atoms with Crippen LogP contribution >= 0.6 is 15.9 Å². The molecule has 0 saturated carbocycles. The summed E-state index contributed by atoms with van der Waals surface area (Å²) in [5.74, 6) is -0.751. The summed E-state index contributed by atoms with van der Waals surface area (Å²) in [7, 11) is 0. The molecule has 1 fully saturated rings. The molecular weight excluding hydrogens is 428 g/mol. The first-order chi connectivity index (χ1) is 14.1. The standard InChI is InChI=1S/C25H21BrO3/c26-20-13-11-17(12-14-20)15-22-21(16-23(27)18-7-3-1-4-8-18)24(29-25(22)28)19-9-5-2-6-10-19/h1-14,21-22,24H,15-16H2/t21-,22-,24+/m0/s1. The predicted molar refractivity (Wildman–Crippen MR) is 115 cm³/mol. The quantitative estimate of drug-likeness (QED) is 0.353. The summed E-state index contributed by atoms with van der Waals surface area (Å²) in [5, 5.41) is 0. The molecule has 0 amide bonds. The highest BCUT2D eigenvalue weighted by Gasteiger charge is 2.45. The second-order valence-corrected chi connectivity index (χ2v) is 8.28. The number of hydrogen-bond donors (Lipinski definition) is 0. The number of hydrogen-bond acceptors (Lipinski definition) is 3. The van der Waals surface area contributed by atoms with E-state index in [0.29, 0.717) is 12.0 Å². The highest BCUT2D eigenvalue weighted by molar-refractivity contribution is 9.10. The average molecular weight is 449 g/mol. The van der Waals surface area contributed by atoms with E-state index in [4.69, 9.17) is 4.74 Å². The molecule has 4 heteroatoms. The number of cyclic esters (lactones) is 1. The van der Waals surface area contributed by atoms with Crippen LogP contribution in [0.4, 0.5) is 0 Å². The van der Waals surface area contributed by atoms with E-state index >= 15 is 0 Å². The molecule has 3 nitrogen and oxygen atoms in total. The summed E-state index contributed by atoms with van der Waals surface area (Å²) in [5.41, 5.74) is 2.66. The Morgan fingerprint density at radius 1 is 0.862 bits per heavy atom. The maximum absolute atomic E-state index is 13.0. The van der Waals surface area contributed by atoms with Gasteiger partial charge in [0.05, 0.1) is 5.92 Å². The Balaban J connectivity index is 1.63. The molecule has 0 unspecified atom stereocenters. The van der Waals surface area contributed by atoms with Crippen LogP contribution in [0.15, 0.2) is 89.4 Å². The minimum absolute atomic E-state index is 0.0376. The van der Waals surface area contributed by atoms with Crippen LogP contribution in [0, 0.1) is 11.8 Å². The summed E-state index contributed by atoms with van der Waals surface area (Å²) < 4.78 is 6.80. The highest BCUT2D eigenvalue weighted by atomic mass is 79.9. The van der Waals surface area contributed by atoms with Crippen molar-refractivity contribution in [2.24, 2.45) is 11.8 Å². The first kappa shape index (κ1) is 19.6. The first-order valence-corrected chi connectivity index (χ1v) is 10.5. The van der Waals surface area contributed by atoms with Gasteiger partial charge >= 0.3 is 5.97 Å². The van der Waals surface area contributed by atoms with E-state index in [1.54, 1.807) is 0 Å². The summed E-state index contributed by atoms with van der Waals surface area (Å²) in [4.78, 5) is 25.8. The van der Waals surface area contributed by atoms with Gasteiger partial charge in [0.15, 0.2) is 5.78 Å². The Hall–Kier alpha value is -2.72. The Morgan fingerprint density at radius 2 is 1.48 bits per heavy atom. The largest absolute Gasteiger partial charge is 0.457 e. The van der Waals surface area contributed by atoms with Crippen molar-refractivity contribution < 1.29 is 14.3 Å². The number of ketones is 1. The smallest absolute Gasteiger partial charge is 0.310 e. The van der Waals surface area contributed by atoms with Crippen LogP contribution < -0.4 is 0 Å². The molecule has 0 spiro atoms. The van der Waals surface area contributed by atoms with Crippen LogP contribution in [0.5, 0.6) is 0 Å². The molecule has 1 aliphatic rings. The van der Waals surface area contributed by atoms with Gasteiger partial charge in [-0.05, 0) is 29.7 Å². The third-order valence-electron chi connectivity index (χ3n) is 5.47. The van der Waals surface area contributed by atoms with Gasteiger partial charge in [0, 0.05) is 22.4 Å². The number of halogens is 1. The molecule has 3 atom stereocenters. The fraction of sp³-hybridized carbons (Fsp3) is 0.200. The normalized spacial score (nSPS) is 21.0. The topological polar surface area (TPSA) is 43.4 Å². The second kappa shape index (κ2) is 8.75. The molecule has 1 aliphatic heterocycles. The van der Waals surface area contributed by atoms with Gasteiger partial charge in [-0.15, -0.1) is 0 Å². The maximum atomic E-state index is 13.0. The van der Waals surface area contributed by atoms with E-state index in [0.717, 1.165) is 15.6 Å². The van der Waals surface area contributed by atoms with Gasteiger partial charge in [0.1, 0.15) is 6.10 Å². The number of carbonyl (C=O) groups is 2. The number of Topliss-reactive ketones (excluding diaryl/α,β-unsaturated/α-hetero) is 1. The van der Waals surface area contributed by atoms with Gasteiger partial charge in [-0.1, -0.05) is 88.7 Å². The Bertz CT molecular complexity index is 984. The molecule has 146 valence electrons. The zero-order valence-electron chi connectivity index (χ0n) is 15.8. The Morgan fingerprint density at radius 3 is 2.14 bits per heavy atom. The van der Waals surface area contributed by atoms with Crippen molar-refractivity contribution in [2.45, 2.75) is 18.9 Å². The van der Waals surface area contributed by atoms with Crippen molar-refractivity contribution in [1.82, 2.24) is 0 Å². The molecule has 1 saturated heterocycles. The van der Waals surface area contributed by atoms with E-state index in [9.17, 15) is 9.59 Å². The van der Waals surface area contributed by atoms with Gasteiger partial charge in [-0.2, -0.15) is 0 Å². The van der Waals surface area contributed by atoms with Gasteiger partial charge in [0.2, 0.25) is 0 Å². The van der Waals surface area contributed by atoms with Crippen molar-refractivity contribution in [3.8, 4) is 0 Å². The molecular formula is C25H21BrO3. The number of ether oxygens (including phenoxy) is 1. The lowest BCUT2D eigenvalue weighted by molar-refractivity contribution is -0.144. The van der Waals surface area contributed by atoms with Crippen LogP contribution in [-0.2, 0) is 16.0 Å². The Kier molecular flexibility index (Phi) is 5.91. The maximum Gasteiger partial charge on any atom is 0.310 e. The summed E-state index contributed by atoms with van der Waals surface area (Å²) in [6.07, 6.45) is 0.426. The van der Waals surface area contributed by atoms with E-state index in [-0.39, 0.29) is 30.0 Å². The summed E-state index contributed by atoms with van der Waals surface area (Å²) in [6.45, 7) is 0. The molecule has 4 rings (SSSR count). The molecule has 0 aromatic heterocycles. The minimum Gasteiger partial charge on any atom is -0.457 e. The van der Waals surface area contributed by atoms with Crippen molar-refractivity contribution >= 4 is 27.7 Å². The van der Waals surface area contributed by atoms with E-state index in [2.05, 4.69) is 15.9 Å². The van der Waals surface area contributed by atoms with Crippen molar-refractivity contribution in [1.29, 1.82) is 0 Å². The summed E-state index contributed by atoms with van der Waals surface area (Å²) >= 11 is 3.44. The zero-order valence-corrected chi connectivity index (χ0v) is 17.4. The van der Waals surface area contributed by atoms with Crippen LogP contribution in [0.3, 0.4) is 0 Å². The molecule has 0 N–H and O–H groups in total. The molecule has 3 aromatic rings. The van der Waals surface area contributed by atoms with Crippen LogP contribution in [0.25, 0.3) is 0 Å². The van der Waals surface area contributed by atoms with Crippen molar-refractivity contribution in [3.05, 3.63) is 106 Å². The van der Waals surface area contributed by atoms with Crippen molar-refractivity contribution in [2.75, 3.05) is 0 Å². The van der Waals surface area contributed by atoms with Gasteiger partial charge in [-0.3, -0.25) is 9.59 Å². The number of benzene rings is 3. The molecule has 0 radical (unpaired) electrons. The first-order valence-electron chi connectivity index (χ1n) is 9.70. The monoisotopic (exact) mass is 448 g/mol.